The summed E-state index contributed by atoms with van der Waals surface area (Å²) in [5.74, 6) is 0.644. The lowest BCUT2D eigenvalue weighted by molar-refractivity contribution is 0.0889. The van der Waals surface area contributed by atoms with Crippen molar-refractivity contribution >= 4 is 5.78 Å². The van der Waals surface area contributed by atoms with Crippen molar-refractivity contribution in [2.75, 3.05) is 0 Å². The Labute approximate surface area is 117 Å². The standard InChI is InChI=1S/C18H26O/c1-13-10-11-15(18(2,3)4)12-16(13)17(19)14-8-6-5-7-9-14/h10-12,14H,5-9H2,1-4H3. The Kier molecular flexibility index (Phi) is 4.13. The molecule has 0 unspecified atom stereocenters. The van der Waals surface area contributed by atoms with E-state index in [-0.39, 0.29) is 11.3 Å². The molecule has 0 amide bonds. The Hall–Kier alpha value is -1.11. The van der Waals surface area contributed by atoms with Crippen LogP contribution in [0.1, 0.15) is 74.4 Å². The number of benzene rings is 1. The minimum Gasteiger partial charge on any atom is -0.294 e. The fourth-order valence-corrected chi connectivity index (χ4v) is 2.94. The molecule has 1 aromatic rings. The normalized spacial score (nSPS) is 17.5. The molecule has 0 aliphatic heterocycles. The number of hydrogen-bond donors (Lipinski definition) is 0. The highest BCUT2D eigenvalue weighted by Crippen LogP contribution is 2.30. The second-order valence-electron chi connectivity index (χ2n) is 6.98. The summed E-state index contributed by atoms with van der Waals surface area (Å²) >= 11 is 0. The Morgan fingerprint density at radius 1 is 1.11 bits per heavy atom. The topological polar surface area (TPSA) is 17.1 Å². The Bertz CT molecular complexity index is 459. The molecular weight excluding hydrogens is 232 g/mol. The summed E-state index contributed by atoms with van der Waals surface area (Å²) in [6, 6.07) is 6.40. The summed E-state index contributed by atoms with van der Waals surface area (Å²) in [6.07, 6.45) is 5.89. The van der Waals surface area contributed by atoms with Gasteiger partial charge in [-0.1, -0.05) is 52.2 Å². The number of Topliss-reactive ketones (excluding diaryl/α,β-unsaturated/α-hetero) is 1. The first-order chi connectivity index (χ1) is 8.89. The van der Waals surface area contributed by atoms with Gasteiger partial charge < -0.3 is 0 Å². The van der Waals surface area contributed by atoms with Gasteiger partial charge in [0, 0.05) is 11.5 Å². The zero-order chi connectivity index (χ0) is 14.0. The third kappa shape index (κ3) is 3.26. The molecule has 2 rings (SSSR count). The highest BCUT2D eigenvalue weighted by atomic mass is 16.1. The number of ketones is 1. The average molecular weight is 258 g/mol. The van der Waals surface area contributed by atoms with Crippen LogP contribution < -0.4 is 0 Å². The molecule has 0 spiro atoms. The van der Waals surface area contributed by atoms with E-state index in [1.165, 1.54) is 24.8 Å². The SMILES string of the molecule is Cc1ccc(C(C)(C)C)cc1C(=O)C1CCCCC1. The molecule has 0 aromatic heterocycles. The summed E-state index contributed by atoms with van der Waals surface area (Å²) in [6.45, 7) is 8.66. The average Bonchev–Trinajstić information content (AvgIpc) is 2.38. The summed E-state index contributed by atoms with van der Waals surface area (Å²) < 4.78 is 0. The van der Waals surface area contributed by atoms with Crippen molar-refractivity contribution in [1.29, 1.82) is 0 Å². The Morgan fingerprint density at radius 3 is 2.32 bits per heavy atom. The van der Waals surface area contributed by atoms with E-state index in [0.29, 0.717) is 5.78 Å². The molecule has 1 nitrogen and oxygen atoms in total. The van der Waals surface area contributed by atoms with Crippen LogP contribution in [0, 0.1) is 12.8 Å². The van der Waals surface area contributed by atoms with Crippen molar-refractivity contribution in [3.05, 3.63) is 34.9 Å². The van der Waals surface area contributed by atoms with E-state index in [1.54, 1.807) is 0 Å². The van der Waals surface area contributed by atoms with Gasteiger partial charge in [0.05, 0.1) is 0 Å². The molecule has 1 saturated carbocycles. The molecule has 1 heteroatoms. The fraction of sp³-hybridized carbons (Fsp3) is 0.611. The van der Waals surface area contributed by atoms with Crippen LogP contribution in [0.2, 0.25) is 0 Å². The van der Waals surface area contributed by atoms with Crippen molar-refractivity contribution in [3.8, 4) is 0 Å². The van der Waals surface area contributed by atoms with Crippen molar-refractivity contribution in [2.45, 2.75) is 65.2 Å². The third-order valence-corrected chi connectivity index (χ3v) is 4.35. The monoisotopic (exact) mass is 258 g/mol. The maximum atomic E-state index is 12.7. The van der Waals surface area contributed by atoms with Gasteiger partial charge in [0.2, 0.25) is 0 Å². The number of hydrogen-bond acceptors (Lipinski definition) is 1. The molecule has 1 fully saturated rings. The number of aryl methyl sites for hydroxylation is 1. The molecule has 0 radical (unpaired) electrons. The van der Waals surface area contributed by atoms with Crippen LogP contribution in [0.5, 0.6) is 0 Å². The lowest BCUT2D eigenvalue weighted by Gasteiger charge is -2.24. The second kappa shape index (κ2) is 5.48. The van der Waals surface area contributed by atoms with E-state index in [9.17, 15) is 4.79 Å². The lowest BCUT2D eigenvalue weighted by Crippen LogP contribution is -2.20. The quantitative estimate of drug-likeness (QED) is 0.678. The van der Waals surface area contributed by atoms with E-state index in [4.69, 9.17) is 0 Å². The first-order valence-corrected chi connectivity index (χ1v) is 7.55. The lowest BCUT2D eigenvalue weighted by atomic mass is 9.80. The van der Waals surface area contributed by atoms with Crippen LogP contribution in [0.25, 0.3) is 0 Å². The van der Waals surface area contributed by atoms with E-state index in [1.807, 2.05) is 0 Å². The minimum absolute atomic E-state index is 0.106. The number of carbonyl (C=O) groups excluding carboxylic acids is 1. The van der Waals surface area contributed by atoms with Gasteiger partial charge in [-0.15, -0.1) is 0 Å². The van der Waals surface area contributed by atoms with Crippen molar-refractivity contribution in [3.63, 3.8) is 0 Å². The van der Waals surface area contributed by atoms with Crippen molar-refractivity contribution in [1.82, 2.24) is 0 Å². The predicted molar refractivity (Wildman–Crippen MR) is 80.8 cm³/mol. The van der Waals surface area contributed by atoms with Gasteiger partial charge in [-0.05, 0) is 42.4 Å². The van der Waals surface area contributed by atoms with Crippen LogP contribution in [0.3, 0.4) is 0 Å². The molecule has 1 aromatic carbocycles. The maximum Gasteiger partial charge on any atom is 0.166 e. The van der Waals surface area contributed by atoms with Gasteiger partial charge in [-0.2, -0.15) is 0 Å². The van der Waals surface area contributed by atoms with Gasteiger partial charge in [0.25, 0.3) is 0 Å². The van der Waals surface area contributed by atoms with Crippen molar-refractivity contribution < 1.29 is 4.79 Å². The molecule has 1 aliphatic rings. The molecule has 0 bridgehead atoms. The highest BCUT2D eigenvalue weighted by Gasteiger charge is 2.24. The fourth-order valence-electron chi connectivity index (χ4n) is 2.94. The summed E-state index contributed by atoms with van der Waals surface area (Å²) in [7, 11) is 0. The van der Waals surface area contributed by atoms with Gasteiger partial charge in [0.1, 0.15) is 0 Å². The van der Waals surface area contributed by atoms with E-state index in [2.05, 4.69) is 45.9 Å². The molecule has 0 N–H and O–H groups in total. The Morgan fingerprint density at radius 2 is 1.74 bits per heavy atom. The van der Waals surface area contributed by atoms with Crippen LogP contribution in [0.15, 0.2) is 18.2 Å². The first-order valence-electron chi connectivity index (χ1n) is 7.55. The zero-order valence-electron chi connectivity index (χ0n) is 12.8. The molecule has 0 atom stereocenters. The Balaban J connectivity index is 2.30. The van der Waals surface area contributed by atoms with Gasteiger partial charge >= 0.3 is 0 Å². The maximum absolute atomic E-state index is 12.7. The zero-order valence-corrected chi connectivity index (χ0v) is 12.8. The van der Waals surface area contributed by atoms with Crippen LogP contribution in [0.4, 0.5) is 0 Å². The molecule has 19 heavy (non-hydrogen) atoms. The summed E-state index contributed by atoms with van der Waals surface area (Å²) in [4.78, 5) is 12.7. The minimum atomic E-state index is 0.106. The van der Waals surface area contributed by atoms with Crippen LogP contribution in [-0.2, 0) is 5.41 Å². The van der Waals surface area contributed by atoms with Gasteiger partial charge in [0.15, 0.2) is 5.78 Å². The molecule has 104 valence electrons. The van der Waals surface area contributed by atoms with E-state index in [0.717, 1.165) is 24.0 Å². The number of carbonyl (C=O) groups is 1. The summed E-state index contributed by atoms with van der Waals surface area (Å²) in [5.41, 5.74) is 3.45. The number of rotatable bonds is 2. The smallest absolute Gasteiger partial charge is 0.166 e. The van der Waals surface area contributed by atoms with Crippen LogP contribution >= 0.6 is 0 Å². The molecule has 1 aliphatic carbocycles. The summed E-state index contributed by atoms with van der Waals surface area (Å²) in [5, 5.41) is 0. The molecular formula is C18H26O. The molecule has 0 heterocycles. The predicted octanol–water partition coefficient (Wildman–Crippen LogP) is 5.06. The molecule has 0 saturated heterocycles. The van der Waals surface area contributed by atoms with Crippen LogP contribution in [-0.4, -0.2) is 5.78 Å². The van der Waals surface area contributed by atoms with E-state index < -0.39 is 0 Å². The highest BCUT2D eigenvalue weighted by molar-refractivity contribution is 5.99. The largest absolute Gasteiger partial charge is 0.294 e. The van der Waals surface area contributed by atoms with Gasteiger partial charge in [-0.3, -0.25) is 4.79 Å². The van der Waals surface area contributed by atoms with Gasteiger partial charge in [-0.25, -0.2) is 0 Å². The third-order valence-electron chi connectivity index (χ3n) is 4.35. The first kappa shape index (κ1) is 14.3. The van der Waals surface area contributed by atoms with Crippen molar-refractivity contribution in [2.24, 2.45) is 5.92 Å². The second-order valence-corrected chi connectivity index (χ2v) is 6.98. The van der Waals surface area contributed by atoms with E-state index >= 15 is 0 Å².